The summed E-state index contributed by atoms with van der Waals surface area (Å²) in [7, 11) is 0. The van der Waals surface area contributed by atoms with E-state index < -0.39 is 12.5 Å². The van der Waals surface area contributed by atoms with Crippen LogP contribution in [0.25, 0.3) is 11.5 Å². The molecule has 0 bridgehead atoms. The summed E-state index contributed by atoms with van der Waals surface area (Å²) < 4.78 is 33.8. The molecular weight excluding hydrogens is 419 g/mol. The van der Waals surface area contributed by atoms with Gasteiger partial charge in [-0.1, -0.05) is 40.5 Å². The van der Waals surface area contributed by atoms with Crippen molar-refractivity contribution in [2.45, 2.75) is 13.2 Å². The van der Waals surface area contributed by atoms with Gasteiger partial charge in [-0.05, 0) is 29.8 Å². The Hall–Kier alpha value is -2.91. The zero-order valence-electron chi connectivity index (χ0n) is 13.8. The molecule has 1 heterocycles. The summed E-state index contributed by atoms with van der Waals surface area (Å²) in [4.78, 5) is 16.1. The van der Waals surface area contributed by atoms with Crippen LogP contribution in [0.1, 0.15) is 16.2 Å². The number of hydrogen-bond acceptors (Lipinski definition) is 6. The second-order valence-electron chi connectivity index (χ2n) is 5.42. The highest BCUT2D eigenvalue weighted by Gasteiger charge is 2.18. The number of alkyl halides is 2. The van der Waals surface area contributed by atoms with Gasteiger partial charge in [0.15, 0.2) is 5.75 Å². The number of nitrogens with zero attached hydrogens (tertiary/aromatic N) is 2. The van der Waals surface area contributed by atoms with Gasteiger partial charge in [0.1, 0.15) is 5.75 Å². The number of phenols is 1. The van der Waals surface area contributed by atoms with Crippen molar-refractivity contribution >= 4 is 29.1 Å². The topological polar surface area (TPSA) is 97.5 Å². The average molecular weight is 430 g/mol. The van der Waals surface area contributed by atoms with Crippen LogP contribution in [0, 0.1) is 0 Å². The van der Waals surface area contributed by atoms with Crippen LogP contribution in [0.3, 0.4) is 0 Å². The third kappa shape index (κ3) is 4.68. The summed E-state index contributed by atoms with van der Waals surface area (Å²) in [5, 5.41) is 15.6. The van der Waals surface area contributed by atoms with Gasteiger partial charge in [-0.3, -0.25) is 4.79 Å². The molecule has 11 heteroatoms. The number of amides is 1. The molecule has 0 fully saturated rings. The minimum absolute atomic E-state index is 0.0161. The Bertz CT molecular complexity index is 991. The number of carbonyl (C=O) groups is 1. The minimum Gasteiger partial charge on any atom is -0.505 e. The summed E-state index contributed by atoms with van der Waals surface area (Å²) in [5.41, 5.74) is 0.850. The molecule has 0 aliphatic carbocycles. The zero-order valence-corrected chi connectivity index (χ0v) is 15.3. The number of aromatic nitrogens is 2. The first kappa shape index (κ1) is 19.8. The van der Waals surface area contributed by atoms with Crippen LogP contribution in [0.2, 0.25) is 10.0 Å². The summed E-state index contributed by atoms with van der Waals surface area (Å²) in [5.74, 6) is -1.24. The van der Waals surface area contributed by atoms with Crippen molar-refractivity contribution in [2.75, 3.05) is 0 Å². The number of benzene rings is 2. The average Bonchev–Trinajstić information content (AvgIpc) is 3.14. The first-order chi connectivity index (χ1) is 13.3. The van der Waals surface area contributed by atoms with E-state index in [0.29, 0.717) is 11.1 Å². The van der Waals surface area contributed by atoms with E-state index in [2.05, 4.69) is 20.2 Å². The molecule has 2 N–H and O–H groups in total. The molecule has 1 amide bonds. The Morgan fingerprint density at radius 1 is 1.25 bits per heavy atom. The van der Waals surface area contributed by atoms with Gasteiger partial charge in [-0.2, -0.15) is 13.8 Å². The number of ether oxygens (including phenoxy) is 1. The molecule has 2 aromatic carbocycles. The smallest absolute Gasteiger partial charge is 0.387 e. The molecule has 0 unspecified atom stereocenters. The highest BCUT2D eigenvalue weighted by molar-refractivity contribution is 6.37. The molecule has 3 aromatic rings. The summed E-state index contributed by atoms with van der Waals surface area (Å²) in [6.45, 7) is -2.91. The summed E-state index contributed by atoms with van der Waals surface area (Å²) >= 11 is 11.7. The SMILES string of the molecule is O=C(NCc1cccc(OC(F)F)c1)c1noc(-c2cc(Cl)c(O)c(Cl)c2)n1. The van der Waals surface area contributed by atoms with Crippen molar-refractivity contribution in [1.29, 1.82) is 0 Å². The molecule has 146 valence electrons. The van der Waals surface area contributed by atoms with Crippen LogP contribution < -0.4 is 10.1 Å². The number of phenolic OH excluding ortho intramolecular Hbond substituents is 1. The Morgan fingerprint density at radius 3 is 2.64 bits per heavy atom. The Labute approximate surface area is 166 Å². The van der Waals surface area contributed by atoms with Crippen LogP contribution in [0.4, 0.5) is 8.78 Å². The number of carbonyl (C=O) groups excluding carboxylic acids is 1. The van der Waals surface area contributed by atoms with Gasteiger partial charge in [0.2, 0.25) is 0 Å². The first-order valence-corrected chi connectivity index (χ1v) is 8.43. The third-order valence-electron chi connectivity index (χ3n) is 3.47. The fourth-order valence-corrected chi connectivity index (χ4v) is 2.70. The number of aromatic hydroxyl groups is 1. The van der Waals surface area contributed by atoms with E-state index in [4.69, 9.17) is 27.7 Å². The van der Waals surface area contributed by atoms with Gasteiger partial charge < -0.3 is 19.7 Å². The maximum Gasteiger partial charge on any atom is 0.387 e. The number of halogens is 4. The fraction of sp³-hybridized carbons (Fsp3) is 0.118. The molecule has 0 saturated carbocycles. The largest absolute Gasteiger partial charge is 0.505 e. The molecule has 1 aromatic heterocycles. The fourth-order valence-electron chi connectivity index (χ4n) is 2.21. The van der Waals surface area contributed by atoms with E-state index in [1.165, 1.54) is 30.3 Å². The number of nitrogens with one attached hydrogen (secondary N) is 1. The molecule has 3 rings (SSSR count). The first-order valence-electron chi connectivity index (χ1n) is 7.67. The predicted octanol–water partition coefficient (Wildman–Crippen LogP) is 4.28. The van der Waals surface area contributed by atoms with Crippen LogP contribution in [-0.2, 0) is 6.54 Å². The van der Waals surface area contributed by atoms with Crippen molar-refractivity contribution in [2.24, 2.45) is 0 Å². The molecule has 0 aliphatic rings. The Morgan fingerprint density at radius 2 is 1.96 bits per heavy atom. The van der Waals surface area contributed by atoms with Gasteiger partial charge in [0, 0.05) is 12.1 Å². The van der Waals surface area contributed by atoms with Crippen LogP contribution in [0.15, 0.2) is 40.9 Å². The van der Waals surface area contributed by atoms with E-state index in [-0.39, 0.29) is 39.8 Å². The molecular formula is C17H11Cl2F2N3O4. The second kappa shape index (κ2) is 8.41. The van der Waals surface area contributed by atoms with Gasteiger partial charge in [-0.15, -0.1) is 0 Å². The molecule has 0 atom stereocenters. The van der Waals surface area contributed by atoms with Crippen molar-refractivity contribution < 1.29 is 27.9 Å². The van der Waals surface area contributed by atoms with Gasteiger partial charge in [0.05, 0.1) is 10.0 Å². The van der Waals surface area contributed by atoms with Gasteiger partial charge in [0.25, 0.3) is 17.6 Å². The molecule has 0 aliphatic heterocycles. The Kier molecular flexibility index (Phi) is 5.96. The standard InChI is InChI=1S/C17H11Cl2F2N3O4/c18-11-5-9(6-12(19)13(11)25)16-23-14(24-28-16)15(26)22-7-8-2-1-3-10(4-8)27-17(20)21/h1-6,17,25H,7H2,(H,22,26). The van der Waals surface area contributed by atoms with Gasteiger partial charge >= 0.3 is 6.61 Å². The quantitative estimate of drug-likeness (QED) is 0.606. The lowest BCUT2D eigenvalue weighted by Gasteiger charge is -2.07. The maximum atomic E-state index is 12.3. The zero-order chi connectivity index (χ0) is 20.3. The molecule has 0 spiro atoms. The van der Waals surface area contributed by atoms with E-state index in [9.17, 15) is 18.7 Å². The molecule has 28 heavy (non-hydrogen) atoms. The molecule has 0 radical (unpaired) electrons. The van der Waals surface area contributed by atoms with E-state index in [0.717, 1.165) is 0 Å². The van der Waals surface area contributed by atoms with E-state index >= 15 is 0 Å². The van der Waals surface area contributed by atoms with Crippen molar-refractivity contribution in [3.63, 3.8) is 0 Å². The maximum absolute atomic E-state index is 12.3. The summed E-state index contributed by atoms with van der Waals surface area (Å²) in [6, 6.07) is 8.59. The molecule has 7 nitrogen and oxygen atoms in total. The highest BCUT2D eigenvalue weighted by atomic mass is 35.5. The van der Waals surface area contributed by atoms with Crippen LogP contribution in [-0.4, -0.2) is 27.8 Å². The predicted molar refractivity (Wildman–Crippen MR) is 95.7 cm³/mol. The normalized spacial score (nSPS) is 10.9. The Balaban J connectivity index is 1.68. The lowest BCUT2D eigenvalue weighted by molar-refractivity contribution is -0.0498. The minimum atomic E-state index is -2.94. The van der Waals surface area contributed by atoms with Crippen molar-refractivity contribution in [3.8, 4) is 23.0 Å². The van der Waals surface area contributed by atoms with E-state index in [1.807, 2.05) is 0 Å². The van der Waals surface area contributed by atoms with Gasteiger partial charge in [-0.25, -0.2) is 0 Å². The lowest BCUT2D eigenvalue weighted by atomic mass is 10.2. The van der Waals surface area contributed by atoms with Crippen molar-refractivity contribution in [1.82, 2.24) is 15.5 Å². The summed E-state index contributed by atoms with van der Waals surface area (Å²) in [6.07, 6.45) is 0. The van der Waals surface area contributed by atoms with Crippen molar-refractivity contribution in [3.05, 3.63) is 57.8 Å². The van der Waals surface area contributed by atoms with E-state index in [1.54, 1.807) is 6.07 Å². The highest BCUT2D eigenvalue weighted by Crippen LogP contribution is 2.35. The molecule has 0 saturated heterocycles. The number of hydrogen-bond donors (Lipinski definition) is 2. The van der Waals surface area contributed by atoms with Crippen LogP contribution >= 0.6 is 23.2 Å². The lowest BCUT2D eigenvalue weighted by Crippen LogP contribution is -2.24. The third-order valence-corrected chi connectivity index (χ3v) is 4.05. The number of rotatable bonds is 6. The monoisotopic (exact) mass is 429 g/mol. The second-order valence-corrected chi connectivity index (χ2v) is 6.23. The van der Waals surface area contributed by atoms with Crippen LogP contribution in [0.5, 0.6) is 11.5 Å².